The van der Waals surface area contributed by atoms with Crippen molar-refractivity contribution < 1.29 is 0 Å². The number of fused-ring (bicyclic) bond motifs is 6. The van der Waals surface area contributed by atoms with Crippen molar-refractivity contribution in [3.05, 3.63) is 491 Å². The van der Waals surface area contributed by atoms with E-state index in [1.165, 1.54) is 144 Å². The van der Waals surface area contributed by atoms with Gasteiger partial charge in [-0.2, -0.15) is 0 Å². The first-order chi connectivity index (χ1) is 53.0. The highest BCUT2D eigenvalue weighted by Gasteiger charge is 2.34. The summed E-state index contributed by atoms with van der Waals surface area (Å²) in [6.45, 7) is 25.8. The maximum absolute atomic E-state index is 2.31. The van der Waals surface area contributed by atoms with Crippen molar-refractivity contribution in [1.82, 2.24) is 0 Å². The summed E-state index contributed by atoms with van der Waals surface area (Å²) < 4.78 is 0. The van der Waals surface area contributed by atoms with E-state index < -0.39 is 0 Å². The number of hydrogen-bond acceptors (Lipinski definition) is 0. The van der Waals surface area contributed by atoms with Crippen LogP contribution < -0.4 is 0 Å². The van der Waals surface area contributed by atoms with Gasteiger partial charge in [0.2, 0.25) is 0 Å². The third kappa shape index (κ3) is 34.3. The smallest absolute Gasteiger partial charge is 0.0158 e. The Kier molecular flexibility index (Phi) is 52.5. The third-order valence-electron chi connectivity index (χ3n) is 19.1. The molecule has 0 bridgehead atoms. The summed E-state index contributed by atoms with van der Waals surface area (Å²) in [7, 11) is 0. The molecule has 0 radical (unpaired) electrons. The molecule has 0 aromatic heterocycles. The van der Waals surface area contributed by atoms with Crippen molar-refractivity contribution in [2.45, 2.75) is 163 Å². The predicted octanol–water partition coefficient (Wildman–Crippen LogP) is 37.1. The molecule has 0 saturated carbocycles. The zero-order valence-corrected chi connectivity index (χ0v) is 65.9. The zero-order chi connectivity index (χ0) is 77.0. The van der Waals surface area contributed by atoms with Crippen LogP contribution in [0.1, 0.15) is 155 Å². The van der Waals surface area contributed by atoms with Gasteiger partial charge in [-0.15, -0.1) is 0 Å². The summed E-state index contributed by atoms with van der Waals surface area (Å²) in [5.74, 6) is 0. The summed E-state index contributed by atoms with van der Waals surface area (Å²) in [6.07, 6.45) is 0. The number of hydrogen-bond donors (Lipinski definition) is 0. The molecule has 622 valence electrons. The largest absolute Gasteiger partial charge is 0.0776 e. The van der Waals surface area contributed by atoms with Crippen LogP contribution in [0.5, 0.6) is 0 Å². The third-order valence-corrected chi connectivity index (χ3v) is 19.1. The van der Waals surface area contributed by atoms with Crippen molar-refractivity contribution in [1.29, 1.82) is 0 Å². The van der Waals surface area contributed by atoms with Gasteiger partial charge in [-0.25, -0.2) is 0 Å². The van der Waals surface area contributed by atoms with Gasteiger partial charge < -0.3 is 0 Å². The Labute approximate surface area is 726 Å². The average Bonchev–Trinajstić information content (AvgIpc) is 1.58. The highest BCUT2D eigenvalue weighted by Crippen LogP contribution is 2.48. The molecule has 0 fully saturated rings. The van der Waals surface area contributed by atoms with Crippen LogP contribution in [-0.4, -0.2) is 0 Å². The lowest BCUT2D eigenvalue weighted by atomic mass is 9.82. The van der Waals surface area contributed by atoms with E-state index in [2.05, 4.69) is 435 Å². The Morgan fingerprint density at radius 3 is 0.756 bits per heavy atom. The molecule has 0 saturated heterocycles. The number of aryl methyl sites for hydroxylation is 10. The second-order valence-electron chi connectivity index (χ2n) is 28.2. The van der Waals surface area contributed by atoms with Crippen LogP contribution in [0, 0.1) is 69.2 Å². The van der Waals surface area contributed by atoms with Gasteiger partial charge in [-0.05, 0) is 179 Å². The lowest BCUT2D eigenvalue weighted by Crippen LogP contribution is -2.14. The molecular weight excluding hydrogens is 1430 g/mol. The van der Waals surface area contributed by atoms with Gasteiger partial charge in [0.05, 0.1) is 0 Å². The van der Waals surface area contributed by atoms with Crippen LogP contribution >= 0.6 is 0 Å². The second-order valence-corrected chi connectivity index (χ2v) is 28.2. The van der Waals surface area contributed by atoms with Crippen LogP contribution in [0.4, 0.5) is 0 Å². The monoisotopic (exact) mass is 1580 g/mol. The molecule has 0 spiro atoms. The van der Waals surface area contributed by atoms with Crippen LogP contribution in [-0.2, 0) is 5.41 Å². The van der Waals surface area contributed by atoms with E-state index in [4.69, 9.17) is 0 Å². The Hall–Kier alpha value is -12.5. The molecule has 0 aliphatic heterocycles. The lowest BCUT2D eigenvalue weighted by molar-refractivity contribution is 0.660. The molecule has 17 aromatic rings. The molecule has 0 heteroatoms. The van der Waals surface area contributed by atoms with Crippen LogP contribution in [0.2, 0.25) is 0 Å². The van der Waals surface area contributed by atoms with Crippen molar-refractivity contribution in [2.24, 2.45) is 0 Å². The minimum atomic E-state index is 0. The van der Waals surface area contributed by atoms with Gasteiger partial charge in [0.15, 0.2) is 0 Å². The van der Waals surface area contributed by atoms with E-state index >= 15 is 0 Å². The molecular formula is C119H146. The minimum Gasteiger partial charge on any atom is -0.0776 e. The Morgan fingerprint density at radius 2 is 0.395 bits per heavy atom. The first-order valence-electron chi connectivity index (χ1n) is 38.0. The van der Waals surface area contributed by atoms with Crippen LogP contribution in [0.3, 0.4) is 0 Å². The molecule has 0 unspecified atom stereocenters. The Morgan fingerprint density at radius 1 is 0.151 bits per heavy atom. The molecule has 0 atom stereocenters. The number of benzene rings is 17. The molecule has 1 aliphatic carbocycles. The van der Waals surface area contributed by atoms with Crippen molar-refractivity contribution >= 4 is 32.3 Å². The van der Waals surface area contributed by atoms with E-state index in [1.807, 2.05) is 72.8 Å². The van der Waals surface area contributed by atoms with Gasteiger partial charge in [-0.3, -0.25) is 0 Å². The second kappa shape index (κ2) is 57.6. The minimum absolute atomic E-state index is 0. The molecule has 1 aliphatic rings. The van der Waals surface area contributed by atoms with Crippen molar-refractivity contribution in [2.75, 3.05) is 0 Å². The van der Waals surface area contributed by atoms with Gasteiger partial charge in [-0.1, -0.05) is 546 Å². The van der Waals surface area contributed by atoms with E-state index in [9.17, 15) is 0 Å². The molecule has 18 rings (SSSR count). The fourth-order valence-electron chi connectivity index (χ4n) is 12.9. The molecule has 0 heterocycles. The summed E-state index contributed by atoms with van der Waals surface area (Å²) in [5.41, 5.74) is 26.9. The van der Waals surface area contributed by atoms with Gasteiger partial charge >= 0.3 is 0 Å². The normalized spacial score (nSPS) is 9.75. The fraction of sp³-hybridized carbons (Fsp3) is 0.193. The first-order valence-corrected chi connectivity index (χ1v) is 38.0. The van der Waals surface area contributed by atoms with Gasteiger partial charge in [0.1, 0.15) is 0 Å². The SMILES string of the molecule is C.C.C.C.C.C.C.C.C.C.Cc1ccc(-c2ccccc2)cc1.Cc1ccc2c(c1)-c1ccccc1C2(C)C.Cc1cccc(-c2ccccc2)c1.Cc1cccc2ccccc12.Cc1cccc2ccccc12.Cc1cccc2ccccc12.Cc1ccccc1.Cc1ccccc1.Cc1ccccc1.Cc1ccccc1-c1ccccc1. The standard InChI is InChI=1S/C16H16.3C13H12.3C11H10.3C7H8.10CH4/c1-11-8-9-15-13(10-11)12-6-4-5-7-14(12)16(15,2)3;1-11-7-5-6-10-13(11)12-8-3-2-4-9-12;1-11-6-5-9-13(10-11)12-7-3-2-4-8-12;1-11-7-9-13(10-8-11)12-5-3-2-4-6-12;3*1-9-5-4-7-10-6-2-3-8-11(9)10;3*1-7-5-3-2-4-6-7;;;;;;;;;;/h4-10H,1-3H3;3*2-10H,1H3;3*2-8H,1H3;3*2-6H,1H3;10*1H4. The fourth-order valence-corrected chi connectivity index (χ4v) is 12.9. The molecule has 119 heavy (non-hydrogen) atoms. The van der Waals surface area contributed by atoms with E-state index in [-0.39, 0.29) is 79.7 Å². The van der Waals surface area contributed by atoms with E-state index in [1.54, 1.807) is 0 Å². The highest BCUT2D eigenvalue weighted by molar-refractivity contribution is 5.87. The van der Waals surface area contributed by atoms with Crippen molar-refractivity contribution in [3.8, 4) is 44.5 Å². The summed E-state index contributed by atoms with van der Waals surface area (Å²) in [5, 5.41) is 8.05. The van der Waals surface area contributed by atoms with E-state index in [0.29, 0.717) is 0 Å². The predicted molar refractivity (Wildman–Crippen MR) is 545 cm³/mol. The number of rotatable bonds is 3. The summed E-state index contributed by atoms with van der Waals surface area (Å²) >= 11 is 0. The maximum atomic E-state index is 2.31. The quantitative estimate of drug-likeness (QED) is 0.165. The Balaban J connectivity index is 0. The summed E-state index contributed by atoms with van der Waals surface area (Å²) in [4.78, 5) is 0. The summed E-state index contributed by atoms with van der Waals surface area (Å²) in [6, 6.07) is 148. The van der Waals surface area contributed by atoms with Crippen LogP contribution in [0.15, 0.2) is 425 Å². The van der Waals surface area contributed by atoms with E-state index in [0.717, 1.165) is 0 Å². The lowest BCUT2D eigenvalue weighted by Gasteiger charge is -2.21. The van der Waals surface area contributed by atoms with Crippen molar-refractivity contribution in [3.63, 3.8) is 0 Å². The maximum Gasteiger partial charge on any atom is 0.0158 e. The first kappa shape index (κ1) is 109. The Bertz CT molecular complexity index is 5180. The zero-order valence-electron chi connectivity index (χ0n) is 65.9. The molecule has 0 N–H and O–H groups in total. The topological polar surface area (TPSA) is 0 Å². The average molecular weight is 1580 g/mol. The molecule has 0 nitrogen and oxygen atoms in total. The molecule has 17 aromatic carbocycles. The highest BCUT2D eigenvalue weighted by atomic mass is 14.4. The van der Waals surface area contributed by atoms with Gasteiger partial charge in [0, 0.05) is 5.41 Å². The molecule has 0 amide bonds. The van der Waals surface area contributed by atoms with Crippen LogP contribution in [0.25, 0.3) is 76.8 Å². The van der Waals surface area contributed by atoms with Gasteiger partial charge in [0.25, 0.3) is 0 Å².